The summed E-state index contributed by atoms with van der Waals surface area (Å²) in [5.74, 6) is 2.47. The maximum Gasteiger partial charge on any atom is 0.164 e. The third-order valence-corrected chi connectivity index (χ3v) is 13.1. The van der Waals surface area contributed by atoms with Crippen molar-refractivity contribution >= 4 is 85.9 Å². The van der Waals surface area contributed by atoms with Crippen molar-refractivity contribution in [2.24, 2.45) is 0 Å². The summed E-state index contributed by atoms with van der Waals surface area (Å²) in [4.78, 5) is 25.9. The van der Waals surface area contributed by atoms with Gasteiger partial charge in [0.2, 0.25) is 0 Å². The Kier molecular flexibility index (Phi) is 7.67. The second-order valence-corrected chi connectivity index (χ2v) is 16.6. The topological polar surface area (TPSA) is 77.6 Å². The first-order valence-corrected chi connectivity index (χ1v) is 21.4. The molecule has 0 atom stereocenters. The van der Waals surface area contributed by atoms with Gasteiger partial charge in [-0.05, 0) is 62.6 Å². The van der Waals surface area contributed by atoms with Crippen LogP contribution < -0.4 is 0 Å². The lowest BCUT2D eigenvalue weighted by Crippen LogP contribution is -2.00. The molecule has 0 unspecified atom stereocenters. The minimum Gasteiger partial charge on any atom is -0.456 e. The van der Waals surface area contributed by atoms with E-state index >= 15 is 0 Å². The fraction of sp³-hybridized carbons (Fsp3) is 0. The normalized spacial score (nSPS) is 11.9. The van der Waals surface area contributed by atoms with Gasteiger partial charge in [-0.1, -0.05) is 158 Å². The molecule has 62 heavy (non-hydrogen) atoms. The van der Waals surface area contributed by atoms with E-state index in [1.165, 1.54) is 31.6 Å². The van der Waals surface area contributed by atoms with Gasteiger partial charge in [-0.3, -0.25) is 0 Å². The van der Waals surface area contributed by atoms with Crippen LogP contribution in [-0.4, -0.2) is 24.9 Å². The predicted octanol–water partition coefficient (Wildman–Crippen LogP) is 14.7. The fourth-order valence-electron chi connectivity index (χ4n) is 9.05. The van der Waals surface area contributed by atoms with E-state index in [1.807, 2.05) is 60.7 Å². The standard InChI is InChI=1S/C55H31N5OS/c1-3-14-32(15-4-1)52-56-49(51-50(57-52)42-22-11-12-25-47(42)62-51)34-26-29-41-46(31-34)61-45-24-13-23-43(48(41)45)55-59-53(33-16-5-2-6-17-33)58-54(60-55)35-27-28-40-38-20-8-7-18-36(38)37-19-9-10-21-39(37)44(40)30-35/h1-31H. The van der Waals surface area contributed by atoms with Gasteiger partial charge in [0.15, 0.2) is 23.3 Å². The lowest BCUT2D eigenvalue weighted by molar-refractivity contribution is 0.669. The maximum absolute atomic E-state index is 6.71. The number of aromatic nitrogens is 5. The van der Waals surface area contributed by atoms with Gasteiger partial charge >= 0.3 is 0 Å². The second kappa shape index (κ2) is 13.7. The van der Waals surface area contributed by atoms with E-state index in [0.29, 0.717) is 23.3 Å². The zero-order valence-corrected chi connectivity index (χ0v) is 33.8. The van der Waals surface area contributed by atoms with Crippen molar-refractivity contribution in [2.75, 3.05) is 0 Å². The molecule has 288 valence electrons. The van der Waals surface area contributed by atoms with Crippen LogP contribution in [0.15, 0.2) is 192 Å². The molecular formula is C55H31N5OS. The average molecular weight is 810 g/mol. The quantitative estimate of drug-likeness (QED) is 0.161. The molecule has 0 spiro atoms. The lowest BCUT2D eigenvalue weighted by atomic mass is 9.93. The Hall–Kier alpha value is -8.13. The Balaban J connectivity index is 1.00. The maximum atomic E-state index is 6.71. The van der Waals surface area contributed by atoms with E-state index in [9.17, 15) is 0 Å². The van der Waals surface area contributed by atoms with Crippen LogP contribution >= 0.6 is 11.3 Å². The monoisotopic (exact) mass is 809 g/mol. The third-order valence-electron chi connectivity index (χ3n) is 11.9. The minimum absolute atomic E-state index is 0.574. The first-order chi connectivity index (χ1) is 30.7. The Bertz CT molecular complexity index is 3900. The Labute approximate surface area is 358 Å². The molecule has 4 heterocycles. The van der Waals surface area contributed by atoms with Crippen molar-refractivity contribution in [1.29, 1.82) is 0 Å². The molecule has 7 heteroatoms. The van der Waals surface area contributed by atoms with Gasteiger partial charge < -0.3 is 4.42 Å². The molecule has 0 aliphatic rings. The Morgan fingerprint density at radius 2 is 0.887 bits per heavy atom. The molecule has 0 amide bonds. The zero-order chi connectivity index (χ0) is 40.7. The highest BCUT2D eigenvalue weighted by Gasteiger charge is 2.21. The zero-order valence-electron chi connectivity index (χ0n) is 33.0. The van der Waals surface area contributed by atoms with Crippen LogP contribution in [0.4, 0.5) is 0 Å². The van der Waals surface area contributed by atoms with Gasteiger partial charge in [0.05, 0.1) is 15.9 Å². The molecule has 9 aromatic carbocycles. The molecule has 6 nitrogen and oxygen atoms in total. The summed E-state index contributed by atoms with van der Waals surface area (Å²) in [6.07, 6.45) is 0. The number of furan rings is 1. The Morgan fingerprint density at radius 3 is 1.60 bits per heavy atom. The van der Waals surface area contributed by atoms with E-state index in [2.05, 4.69) is 127 Å². The van der Waals surface area contributed by atoms with Crippen LogP contribution in [0.1, 0.15) is 0 Å². The van der Waals surface area contributed by atoms with Crippen LogP contribution in [0, 0.1) is 0 Å². The lowest BCUT2D eigenvalue weighted by Gasteiger charge is -2.13. The Morgan fingerprint density at radius 1 is 0.339 bits per heavy atom. The molecule has 0 aliphatic carbocycles. The average Bonchev–Trinajstić information content (AvgIpc) is 3.92. The summed E-state index contributed by atoms with van der Waals surface area (Å²) >= 11 is 1.72. The number of benzene rings is 9. The van der Waals surface area contributed by atoms with Crippen LogP contribution in [0.25, 0.3) is 131 Å². The second-order valence-electron chi connectivity index (χ2n) is 15.6. The summed E-state index contributed by atoms with van der Waals surface area (Å²) in [5.41, 5.74) is 7.96. The first kappa shape index (κ1) is 34.7. The van der Waals surface area contributed by atoms with E-state index in [4.69, 9.17) is 29.3 Å². The van der Waals surface area contributed by atoms with E-state index < -0.39 is 0 Å². The highest BCUT2D eigenvalue weighted by atomic mass is 32.1. The molecule has 0 fully saturated rings. The van der Waals surface area contributed by atoms with Crippen molar-refractivity contribution in [1.82, 2.24) is 24.9 Å². The number of hydrogen-bond acceptors (Lipinski definition) is 7. The van der Waals surface area contributed by atoms with Crippen LogP contribution in [0.5, 0.6) is 0 Å². The van der Waals surface area contributed by atoms with Gasteiger partial charge in [0.1, 0.15) is 11.2 Å². The first-order valence-electron chi connectivity index (χ1n) is 20.6. The number of rotatable bonds is 5. The summed E-state index contributed by atoms with van der Waals surface area (Å²) in [6, 6.07) is 65.1. The molecular weight excluding hydrogens is 779 g/mol. The molecule has 0 N–H and O–H groups in total. The smallest absolute Gasteiger partial charge is 0.164 e. The predicted molar refractivity (Wildman–Crippen MR) is 255 cm³/mol. The summed E-state index contributed by atoms with van der Waals surface area (Å²) in [5, 5.41) is 10.3. The van der Waals surface area contributed by atoms with Crippen molar-refractivity contribution in [3.8, 4) is 56.8 Å². The summed E-state index contributed by atoms with van der Waals surface area (Å²) < 4.78 is 8.93. The van der Waals surface area contributed by atoms with Gasteiger partial charge in [-0.2, -0.15) is 0 Å². The third kappa shape index (κ3) is 5.45. The van der Waals surface area contributed by atoms with Crippen LogP contribution in [-0.2, 0) is 0 Å². The SMILES string of the molecule is c1ccc(-c2nc(-c3ccc4c5ccccc5c5ccccc5c4c3)nc(-c3cccc4oc5cc(-c6nc(-c7ccccc7)nc7c6sc6ccccc67)ccc5c34)n2)cc1. The number of thiophene rings is 1. The molecule has 13 rings (SSSR count). The van der Waals surface area contributed by atoms with E-state index in [-0.39, 0.29) is 0 Å². The molecule has 13 aromatic rings. The van der Waals surface area contributed by atoms with Gasteiger partial charge in [0.25, 0.3) is 0 Å². The van der Waals surface area contributed by atoms with Crippen molar-refractivity contribution in [3.63, 3.8) is 0 Å². The van der Waals surface area contributed by atoms with Gasteiger partial charge in [-0.15, -0.1) is 11.3 Å². The van der Waals surface area contributed by atoms with Crippen molar-refractivity contribution in [3.05, 3.63) is 188 Å². The van der Waals surface area contributed by atoms with Crippen LogP contribution in [0.3, 0.4) is 0 Å². The molecule has 0 bridgehead atoms. The molecule has 0 saturated heterocycles. The number of nitrogens with zero attached hydrogens (tertiary/aromatic N) is 5. The van der Waals surface area contributed by atoms with Crippen molar-refractivity contribution in [2.45, 2.75) is 0 Å². The molecule has 0 radical (unpaired) electrons. The minimum atomic E-state index is 0.574. The summed E-state index contributed by atoms with van der Waals surface area (Å²) in [6.45, 7) is 0. The van der Waals surface area contributed by atoms with E-state index in [1.54, 1.807) is 11.3 Å². The van der Waals surface area contributed by atoms with E-state index in [0.717, 1.165) is 76.4 Å². The molecule has 0 aliphatic heterocycles. The number of hydrogen-bond donors (Lipinski definition) is 0. The summed E-state index contributed by atoms with van der Waals surface area (Å²) in [7, 11) is 0. The molecule has 0 saturated carbocycles. The van der Waals surface area contributed by atoms with Gasteiger partial charge in [-0.25, -0.2) is 24.9 Å². The number of fused-ring (bicyclic) bond motifs is 12. The van der Waals surface area contributed by atoms with Crippen LogP contribution in [0.2, 0.25) is 0 Å². The highest BCUT2D eigenvalue weighted by Crippen LogP contribution is 2.43. The van der Waals surface area contributed by atoms with Gasteiger partial charge in [0, 0.05) is 48.7 Å². The molecule has 4 aromatic heterocycles. The highest BCUT2D eigenvalue weighted by molar-refractivity contribution is 7.26. The van der Waals surface area contributed by atoms with Crippen molar-refractivity contribution < 1.29 is 4.42 Å². The fourth-order valence-corrected chi connectivity index (χ4v) is 10.2. The largest absolute Gasteiger partial charge is 0.456 e.